The average Bonchev–Trinajstić information content (AvgIpc) is 2.48. The minimum absolute atomic E-state index is 0.238. The highest BCUT2D eigenvalue weighted by Crippen LogP contribution is 2.13. The fourth-order valence-electron chi connectivity index (χ4n) is 1.94. The van der Waals surface area contributed by atoms with E-state index in [2.05, 4.69) is 0 Å². The van der Waals surface area contributed by atoms with Crippen LogP contribution in [0.3, 0.4) is 0 Å². The molecule has 0 atom stereocenters. The number of pyridine rings is 1. The van der Waals surface area contributed by atoms with Gasteiger partial charge in [0.25, 0.3) is 5.56 Å². The largest absolute Gasteiger partial charge is 0.497 e. The number of aliphatic carboxylic acids is 1. The fraction of sp³-hybridized carbons (Fsp3) is 0.125. The van der Waals surface area contributed by atoms with Crippen LogP contribution in [0.5, 0.6) is 5.75 Å². The Morgan fingerprint density at radius 2 is 2.14 bits per heavy atom. The van der Waals surface area contributed by atoms with E-state index in [0.717, 1.165) is 17.4 Å². The Morgan fingerprint density at radius 1 is 1.33 bits per heavy atom. The van der Waals surface area contributed by atoms with Crippen molar-refractivity contribution in [2.75, 3.05) is 7.11 Å². The van der Waals surface area contributed by atoms with E-state index in [1.807, 2.05) is 24.3 Å². The molecule has 1 aromatic carbocycles. The first-order chi connectivity index (χ1) is 10.1. The van der Waals surface area contributed by atoms with Crippen molar-refractivity contribution in [3.8, 4) is 5.75 Å². The van der Waals surface area contributed by atoms with E-state index in [9.17, 15) is 9.59 Å². The van der Waals surface area contributed by atoms with Gasteiger partial charge in [-0.05, 0) is 35.9 Å². The van der Waals surface area contributed by atoms with Gasteiger partial charge in [-0.25, -0.2) is 4.79 Å². The summed E-state index contributed by atoms with van der Waals surface area (Å²) >= 11 is 0. The molecule has 2 aromatic rings. The lowest BCUT2D eigenvalue weighted by Gasteiger charge is -2.08. The number of hydrogen-bond acceptors (Lipinski definition) is 3. The molecule has 0 aliphatic carbocycles. The lowest BCUT2D eigenvalue weighted by molar-refractivity contribution is -0.131. The topological polar surface area (TPSA) is 68.5 Å². The molecule has 1 N–H and O–H groups in total. The molecule has 0 saturated heterocycles. The second-order valence-corrected chi connectivity index (χ2v) is 4.42. The lowest BCUT2D eigenvalue weighted by atomic mass is 10.2. The van der Waals surface area contributed by atoms with Crippen molar-refractivity contribution in [2.24, 2.45) is 0 Å². The molecule has 0 radical (unpaired) electrons. The van der Waals surface area contributed by atoms with Gasteiger partial charge in [0.05, 0.1) is 13.7 Å². The first-order valence-electron chi connectivity index (χ1n) is 6.33. The SMILES string of the molecule is COc1cccc(Cn2cccc(/C=C/C(=O)O)c2=O)c1. The van der Waals surface area contributed by atoms with Crippen LogP contribution in [-0.2, 0) is 11.3 Å². The Balaban J connectivity index is 2.30. The summed E-state index contributed by atoms with van der Waals surface area (Å²) in [5, 5.41) is 8.62. The Labute approximate surface area is 121 Å². The van der Waals surface area contributed by atoms with Crippen molar-refractivity contribution < 1.29 is 14.6 Å². The molecule has 0 spiro atoms. The first kappa shape index (κ1) is 14.6. The lowest BCUT2D eigenvalue weighted by Crippen LogP contribution is -2.21. The van der Waals surface area contributed by atoms with Crippen LogP contribution in [0.4, 0.5) is 0 Å². The van der Waals surface area contributed by atoms with Crippen molar-refractivity contribution in [1.82, 2.24) is 4.57 Å². The zero-order valence-electron chi connectivity index (χ0n) is 11.5. The van der Waals surface area contributed by atoms with Crippen molar-refractivity contribution in [2.45, 2.75) is 6.54 Å². The molecule has 1 aromatic heterocycles. The minimum atomic E-state index is -1.09. The molecular formula is C16H15NO4. The van der Waals surface area contributed by atoms with Gasteiger partial charge in [-0.2, -0.15) is 0 Å². The van der Waals surface area contributed by atoms with E-state index in [0.29, 0.717) is 12.1 Å². The maximum absolute atomic E-state index is 12.2. The molecule has 1 heterocycles. The zero-order valence-corrected chi connectivity index (χ0v) is 11.5. The first-order valence-corrected chi connectivity index (χ1v) is 6.33. The third kappa shape index (κ3) is 3.82. The van der Waals surface area contributed by atoms with Gasteiger partial charge in [0.15, 0.2) is 0 Å². The van der Waals surface area contributed by atoms with Gasteiger partial charge < -0.3 is 14.4 Å². The molecular weight excluding hydrogens is 270 g/mol. The highest BCUT2D eigenvalue weighted by atomic mass is 16.5. The molecule has 0 aliphatic heterocycles. The fourth-order valence-corrected chi connectivity index (χ4v) is 1.94. The molecule has 2 rings (SSSR count). The number of aromatic nitrogens is 1. The molecule has 5 heteroatoms. The Morgan fingerprint density at radius 3 is 2.86 bits per heavy atom. The summed E-state index contributed by atoms with van der Waals surface area (Å²) in [7, 11) is 1.59. The molecule has 0 unspecified atom stereocenters. The van der Waals surface area contributed by atoms with Crippen molar-refractivity contribution in [3.63, 3.8) is 0 Å². The normalized spacial score (nSPS) is 10.7. The van der Waals surface area contributed by atoms with Crippen LogP contribution in [0, 0.1) is 0 Å². The van der Waals surface area contributed by atoms with Gasteiger partial charge >= 0.3 is 5.97 Å². The quantitative estimate of drug-likeness (QED) is 0.853. The standard InChI is InChI=1S/C16H15NO4/c1-21-14-6-2-4-12(10-14)11-17-9-3-5-13(16(17)20)7-8-15(18)19/h2-10H,11H2,1H3,(H,18,19)/b8-7+. The zero-order chi connectivity index (χ0) is 15.2. The van der Waals surface area contributed by atoms with Gasteiger partial charge in [-0.15, -0.1) is 0 Å². The van der Waals surface area contributed by atoms with Crippen LogP contribution in [-0.4, -0.2) is 22.8 Å². The number of carboxylic acid groups (broad SMARTS) is 1. The van der Waals surface area contributed by atoms with E-state index in [1.165, 1.54) is 10.6 Å². The summed E-state index contributed by atoms with van der Waals surface area (Å²) in [6, 6.07) is 10.7. The summed E-state index contributed by atoms with van der Waals surface area (Å²) in [4.78, 5) is 22.7. The predicted octanol–water partition coefficient (Wildman–Crippen LogP) is 2.00. The van der Waals surface area contributed by atoms with E-state index in [1.54, 1.807) is 25.4 Å². The Bertz CT molecular complexity index is 731. The molecule has 0 fully saturated rings. The number of benzene rings is 1. The highest BCUT2D eigenvalue weighted by molar-refractivity contribution is 5.85. The maximum atomic E-state index is 12.2. The number of hydrogen-bond donors (Lipinski definition) is 1. The van der Waals surface area contributed by atoms with E-state index in [4.69, 9.17) is 9.84 Å². The van der Waals surface area contributed by atoms with Gasteiger partial charge in [-0.1, -0.05) is 12.1 Å². The summed E-state index contributed by atoms with van der Waals surface area (Å²) in [6.45, 7) is 0.394. The number of methoxy groups -OCH3 is 1. The number of carboxylic acids is 1. The van der Waals surface area contributed by atoms with Crippen LogP contribution in [0.15, 0.2) is 53.5 Å². The van der Waals surface area contributed by atoms with Gasteiger partial charge in [-0.3, -0.25) is 4.79 Å². The third-order valence-electron chi connectivity index (χ3n) is 2.94. The molecule has 0 bridgehead atoms. The number of carbonyl (C=O) groups is 1. The van der Waals surface area contributed by atoms with Gasteiger partial charge in [0.2, 0.25) is 0 Å². The van der Waals surface area contributed by atoms with Crippen molar-refractivity contribution in [3.05, 3.63) is 70.2 Å². The van der Waals surface area contributed by atoms with E-state index < -0.39 is 5.97 Å². The molecule has 108 valence electrons. The second-order valence-electron chi connectivity index (χ2n) is 4.42. The van der Waals surface area contributed by atoms with Crippen molar-refractivity contribution in [1.29, 1.82) is 0 Å². The summed E-state index contributed by atoms with van der Waals surface area (Å²) < 4.78 is 6.67. The van der Waals surface area contributed by atoms with Crippen LogP contribution in [0.25, 0.3) is 6.08 Å². The second kappa shape index (κ2) is 6.56. The maximum Gasteiger partial charge on any atom is 0.328 e. The average molecular weight is 285 g/mol. The van der Waals surface area contributed by atoms with E-state index >= 15 is 0 Å². The summed E-state index contributed by atoms with van der Waals surface area (Å²) in [6.07, 6.45) is 3.92. The molecule has 0 amide bonds. The number of ether oxygens (including phenoxy) is 1. The molecule has 21 heavy (non-hydrogen) atoms. The van der Waals surface area contributed by atoms with Crippen molar-refractivity contribution >= 4 is 12.0 Å². The van der Waals surface area contributed by atoms with Crippen LogP contribution >= 0.6 is 0 Å². The summed E-state index contributed by atoms with van der Waals surface area (Å²) in [5.74, 6) is -0.361. The minimum Gasteiger partial charge on any atom is -0.497 e. The number of nitrogens with zero attached hydrogens (tertiary/aromatic N) is 1. The molecule has 5 nitrogen and oxygen atoms in total. The summed E-state index contributed by atoms with van der Waals surface area (Å²) in [5.41, 5.74) is 1.02. The van der Waals surface area contributed by atoms with Crippen LogP contribution in [0.2, 0.25) is 0 Å². The molecule has 0 saturated carbocycles. The molecule has 0 aliphatic rings. The van der Waals surface area contributed by atoms with Gasteiger partial charge in [0.1, 0.15) is 5.75 Å². The third-order valence-corrected chi connectivity index (χ3v) is 2.94. The predicted molar refractivity (Wildman–Crippen MR) is 79.5 cm³/mol. The Kier molecular flexibility index (Phi) is 4.56. The van der Waals surface area contributed by atoms with E-state index in [-0.39, 0.29) is 5.56 Å². The Hall–Kier alpha value is -2.82. The number of rotatable bonds is 5. The smallest absolute Gasteiger partial charge is 0.328 e. The monoisotopic (exact) mass is 285 g/mol. The van der Waals surface area contributed by atoms with Crippen LogP contribution in [0.1, 0.15) is 11.1 Å². The highest BCUT2D eigenvalue weighted by Gasteiger charge is 2.03. The van der Waals surface area contributed by atoms with Crippen LogP contribution < -0.4 is 10.3 Å². The van der Waals surface area contributed by atoms with Gasteiger partial charge in [0, 0.05) is 17.8 Å².